The maximum atomic E-state index is 14.0. The molecular formula is C32H41N3O4S. The molecule has 3 aromatic rings. The highest BCUT2D eigenvalue weighted by atomic mass is 32.2. The molecule has 0 radical (unpaired) electrons. The van der Waals surface area contributed by atoms with Gasteiger partial charge in [-0.1, -0.05) is 87.9 Å². The molecule has 0 heterocycles. The molecule has 2 amide bonds. The SMILES string of the molecule is Cc1ccc(CN(C(=O)CN(c2ccc(C(C)C)cc2)S(=O)(=O)c2ccccc2)C(C)C(=O)NCC(C)C)cc1. The minimum atomic E-state index is -4.08. The van der Waals surface area contributed by atoms with Crippen LogP contribution in [0.4, 0.5) is 5.69 Å². The zero-order valence-corrected chi connectivity index (χ0v) is 25.1. The van der Waals surface area contributed by atoms with Gasteiger partial charge >= 0.3 is 0 Å². The molecule has 0 aliphatic heterocycles. The fourth-order valence-electron chi connectivity index (χ4n) is 4.20. The number of amides is 2. The van der Waals surface area contributed by atoms with Gasteiger partial charge < -0.3 is 10.2 Å². The number of nitrogens with zero attached hydrogens (tertiary/aromatic N) is 2. The third kappa shape index (κ3) is 7.94. The molecule has 1 atom stereocenters. The molecule has 0 spiro atoms. The van der Waals surface area contributed by atoms with Crippen molar-refractivity contribution in [3.05, 3.63) is 95.6 Å². The Morgan fingerprint density at radius 3 is 1.98 bits per heavy atom. The molecule has 1 unspecified atom stereocenters. The Morgan fingerprint density at radius 2 is 1.43 bits per heavy atom. The van der Waals surface area contributed by atoms with Gasteiger partial charge in [0.2, 0.25) is 11.8 Å². The van der Waals surface area contributed by atoms with E-state index in [-0.39, 0.29) is 29.2 Å². The second-order valence-corrected chi connectivity index (χ2v) is 12.8. The number of carbonyl (C=O) groups excluding carboxylic acids is 2. The maximum absolute atomic E-state index is 14.0. The van der Waals surface area contributed by atoms with Crippen LogP contribution < -0.4 is 9.62 Å². The maximum Gasteiger partial charge on any atom is 0.264 e. The highest BCUT2D eigenvalue weighted by molar-refractivity contribution is 7.92. The lowest BCUT2D eigenvalue weighted by atomic mass is 10.0. The van der Waals surface area contributed by atoms with Crippen molar-refractivity contribution in [3.63, 3.8) is 0 Å². The van der Waals surface area contributed by atoms with Crippen LogP contribution in [-0.4, -0.2) is 44.3 Å². The van der Waals surface area contributed by atoms with Crippen molar-refractivity contribution in [1.29, 1.82) is 0 Å². The van der Waals surface area contributed by atoms with Crippen LogP contribution >= 0.6 is 0 Å². The molecule has 3 rings (SSSR count). The van der Waals surface area contributed by atoms with Crippen molar-refractivity contribution in [2.24, 2.45) is 5.92 Å². The van der Waals surface area contributed by atoms with Crippen molar-refractivity contribution in [2.45, 2.75) is 64.9 Å². The van der Waals surface area contributed by atoms with Gasteiger partial charge in [-0.25, -0.2) is 8.42 Å². The first-order valence-electron chi connectivity index (χ1n) is 13.7. The Morgan fingerprint density at radius 1 is 0.825 bits per heavy atom. The van der Waals surface area contributed by atoms with E-state index in [1.54, 1.807) is 37.3 Å². The Bertz CT molecular complexity index is 1370. The molecular weight excluding hydrogens is 522 g/mol. The van der Waals surface area contributed by atoms with Crippen LogP contribution in [0.1, 0.15) is 57.2 Å². The van der Waals surface area contributed by atoms with Gasteiger partial charge in [-0.05, 0) is 61.1 Å². The molecule has 0 aromatic heterocycles. The number of hydrogen-bond donors (Lipinski definition) is 1. The fraction of sp³-hybridized carbons (Fsp3) is 0.375. The average Bonchev–Trinajstić information content (AvgIpc) is 2.94. The van der Waals surface area contributed by atoms with Crippen LogP contribution in [-0.2, 0) is 26.2 Å². The van der Waals surface area contributed by atoms with Gasteiger partial charge in [-0.2, -0.15) is 0 Å². The molecule has 0 fully saturated rings. The third-order valence-electron chi connectivity index (χ3n) is 6.78. The summed E-state index contributed by atoms with van der Waals surface area (Å²) in [6, 6.07) is 22.2. The van der Waals surface area contributed by atoms with E-state index in [9.17, 15) is 18.0 Å². The summed E-state index contributed by atoms with van der Waals surface area (Å²) in [7, 11) is -4.08. The van der Waals surface area contributed by atoms with E-state index in [1.807, 2.05) is 57.2 Å². The van der Waals surface area contributed by atoms with Crippen molar-refractivity contribution in [1.82, 2.24) is 10.2 Å². The lowest BCUT2D eigenvalue weighted by Crippen LogP contribution is -2.51. The summed E-state index contributed by atoms with van der Waals surface area (Å²) in [5.41, 5.74) is 3.37. The van der Waals surface area contributed by atoms with E-state index < -0.39 is 28.5 Å². The Labute approximate surface area is 239 Å². The van der Waals surface area contributed by atoms with Crippen LogP contribution in [0.3, 0.4) is 0 Å². The number of rotatable bonds is 12. The fourth-order valence-corrected chi connectivity index (χ4v) is 5.63. The van der Waals surface area contributed by atoms with Crippen LogP contribution in [0.2, 0.25) is 0 Å². The van der Waals surface area contributed by atoms with Gasteiger partial charge in [0, 0.05) is 13.1 Å². The number of anilines is 1. The number of hydrogen-bond acceptors (Lipinski definition) is 4. The Kier molecular flexibility index (Phi) is 10.5. The predicted octanol–water partition coefficient (Wildman–Crippen LogP) is 5.50. The predicted molar refractivity (Wildman–Crippen MR) is 161 cm³/mol. The number of carbonyl (C=O) groups is 2. The first-order valence-corrected chi connectivity index (χ1v) is 15.1. The first kappa shape index (κ1) is 30.9. The normalized spacial score (nSPS) is 12.3. The van der Waals surface area contributed by atoms with Gasteiger partial charge in [0.15, 0.2) is 0 Å². The second-order valence-electron chi connectivity index (χ2n) is 10.9. The van der Waals surface area contributed by atoms with Crippen LogP contribution in [0.25, 0.3) is 0 Å². The molecule has 0 aliphatic rings. The van der Waals surface area contributed by atoms with E-state index in [0.29, 0.717) is 12.2 Å². The van der Waals surface area contributed by atoms with E-state index in [1.165, 1.54) is 17.0 Å². The second kappa shape index (κ2) is 13.6. The number of sulfonamides is 1. The number of nitrogens with one attached hydrogen (secondary N) is 1. The minimum Gasteiger partial charge on any atom is -0.354 e. The monoisotopic (exact) mass is 563 g/mol. The van der Waals surface area contributed by atoms with Gasteiger partial charge in [-0.15, -0.1) is 0 Å². The summed E-state index contributed by atoms with van der Waals surface area (Å²) in [5.74, 6) is -0.240. The largest absolute Gasteiger partial charge is 0.354 e. The number of benzene rings is 3. The van der Waals surface area contributed by atoms with E-state index in [2.05, 4.69) is 19.2 Å². The Hall–Kier alpha value is -3.65. The molecule has 214 valence electrons. The standard InChI is InChI=1S/C32H41N3O4S/c1-23(2)20-33-32(37)26(6)34(21-27-14-12-25(5)13-15-27)31(36)22-35(29-18-16-28(17-19-29)24(3)4)40(38,39)30-10-8-7-9-11-30/h7-19,23-24,26H,20-22H2,1-6H3,(H,33,37). The van der Waals surface area contributed by atoms with Crippen molar-refractivity contribution >= 4 is 27.5 Å². The molecule has 1 N–H and O–H groups in total. The highest BCUT2D eigenvalue weighted by Crippen LogP contribution is 2.26. The lowest BCUT2D eigenvalue weighted by molar-refractivity contribution is -0.139. The first-order chi connectivity index (χ1) is 18.9. The molecule has 0 saturated carbocycles. The highest BCUT2D eigenvalue weighted by Gasteiger charge is 2.32. The summed E-state index contributed by atoms with van der Waals surface area (Å²) >= 11 is 0. The quantitative estimate of drug-likeness (QED) is 0.315. The number of aryl methyl sites for hydroxylation is 1. The van der Waals surface area contributed by atoms with E-state index in [0.717, 1.165) is 21.0 Å². The lowest BCUT2D eigenvalue weighted by Gasteiger charge is -2.32. The zero-order chi connectivity index (χ0) is 29.4. The smallest absolute Gasteiger partial charge is 0.264 e. The van der Waals surface area contributed by atoms with Gasteiger partial charge in [0.25, 0.3) is 10.0 Å². The van der Waals surface area contributed by atoms with Crippen LogP contribution in [0, 0.1) is 12.8 Å². The summed E-state index contributed by atoms with van der Waals surface area (Å²) in [5, 5.41) is 2.91. The van der Waals surface area contributed by atoms with Crippen molar-refractivity contribution in [2.75, 3.05) is 17.4 Å². The third-order valence-corrected chi connectivity index (χ3v) is 8.57. The molecule has 8 heteroatoms. The molecule has 40 heavy (non-hydrogen) atoms. The Balaban J connectivity index is 2.01. The zero-order valence-electron chi connectivity index (χ0n) is 24.3. The average molecular weight is 564 g/mol. The summed E-state index contributed by atoms with van der Waals surface area (Å²) < 4.78 is 28.9. The summed E-state index contributed by atoms with van der Waals surface area (Å²) in [6.07, 6.45) is 0. The van der Waals surface area contributed by atoms with E-state index >= 15 is 0 Å². The van der Waals surface area contributed by atoms with Crippen molar-refractivity contribution < 1.29 is 18.0 Å². The molecule has 7 nitrogen and oxygen atoms in total. The molecule has 0 aliphatic carbocycles. The van der Waals surface area contributed by atoms with Crippen molar-refractivity contribution in [3.8, 4) is 0 Å². The molecule has 3 aromatic carbocycles. The van der Waals surface area contributed by atoms with E-state index in [4.69, 9.17) is 0 Å². The van der Waals surface area contributed by atoms with Gasteiger partial charge in [0.05, 0.1) is 10.6 Å². The molecule has 0 saturated heterocycles. The van der Waals surface area contributed by atoms with Crippen LogP contribution in [0.15, 0.2) is 83.8 Å². The van der Waals surface area contributed by atoms with Gasteiger partial charge in [-0.3, -0.25) is 13.9 Å². The topological polar surface area (TPSA) is 86.8 Å². The van der Waals surface area contributed by atoms with Gasteiger partial charge in [0.1, 0.15) is 12.6 Å². The summed E-state index contributed by atoms with van der Waals surface area (Å²) in [6.45, 7) is 12.0. The summed E-state index contributed by atoms with van der Waals surface area (Å²) in [4.78, 5) is 28.6. The molecule has 0 bridgehead atoms. The minimum absolute atomic E-state index is 0.0866. The van der Waals surface area contributed by atoms with Crippen LogP contribution in [0.5, 0.6) is 0 Å².